The molecule has 1 aromatic carbocycles. The number of aromatic hydroxyl groups is 1. The Morgan fingerprint density at radius 2 is 2.04 bits per heavy atom. The number of rotatable bonds is 3. The zero-order valence-corrected chi connectivity index (χ0v) is 13.7. The molecule has 1 unspecified atom stereocenters. The molecule has 3 aromatic rings. The van der Waals surface area contributed by atoms with E-state index >= 15 is 0 Å². The molecule has 128 valence electrons. The van der Waals surface area contributed by atoms with Crippen molar-refractivity contribution in [3.63, 3.8) is 0 Å². The Labute approximate surface area is 144 Å². The summed E-state index contributed by atoms with van der Waals surface area (Å²) in [5.41, 5.74) is 1.78. The number of phenolic OH excluding ortho intramolecular Hbond substituents is 1. The Hall–Kier alpha value is -2.67. The molecule has 2 aliphatic rings. The third-order valence-electron chi connectivity index (χ3n) is 4.85. The van der Waals surface area contributed by atoms with Crippen molar-refractivity contribution in [2.45, 2.75) is 24.9 Å². The highest BCUT2D eigenvalue weighted by atomic mass is 16.5. The summed E-state index contributed by atoms with van der Waals surface area (Å²) in [4.78, 5) is 2.22. The monoisotopic (exact) mass is 337 g/mol. The molecule has 0 spiro atoms. The minimum atomic E-state index is -0.0813. The fraction of sp³-hybridized carbons (Fsp3) is 0.389. The molecule has 1 saturated heterocycles. The van der Waals surface area contributed by atoms with Gasteiger partial charge in [-0.2, -0.15) is 4.52 Å². The van der Waals surface area contributed by atoms with Crippen LogP contribution in [0.2, 0.25) is 0 Å². The number of fused-ring (bicyclic) bond motifs is 1. The second-order valence-electron chi connectivity index (χ2n) is 6.69. The molecule has 2 fully saturated rings. The number of aromatic nitrogens is 4. The maximum absolute atomic E-state index is 9.71. The molecular weight excluding hydrogens is 318 g/mol. The van der Waals surface area contributed by atoms with Crippen LogP contribution in [-0.2, 0) is 4.74 Å². The van der Waals surface area contributed by atoms with Crippen molar-refractivity contribution < 1.29 is 9.84 Å². The van der Waals surface area contributed by atoms with Gasteiger partial charge in [-0.15, -0.1) is 15.3 Å². The molecule has 2 aromatic heterocycles. The van der Waals surface area contributed by atoms with Crippen molar-refractivity contribution in [1.82, 2.24) is 19.8 Å². The molecule has 7 heteroatoms. The highest BCUT2D eigenvalue weighted by Gasteiger charge is 2.30. The Morgan fingerprint density at radius 3 is 2.88 bits per heavy atom. The molecule has 1 N–H and O–H groups in total. The first-order valence-corrected chi connectivity index (χ1v) is 8.66. The van der Waals surface area contributed by atoms with Gasteiger partial charge in [-0.1, -0.05) is 12.1 Å². The van der Waals surface area contributed by atoms with Crippen LogP contribution in [0, 0.1) is 0 Å². The number of morpholine rings is 1. The number of phenols is 1. The minimum Gasteiger partial charge on any atom is -0.508 e. The van der Waals surface area contributed by atoms with E-state index in [1.165, 1.54) is 12.8 Å². The smallest absolute Gasteiger partial charge is 0.178 e. The molecule has 5 rings (SSSR count). The first kappa shape index (κ1) is 14.7. The van der Waals surface area contributed by atoms with Crippen molar-refractivity contribution in [1.29, 1.82) is 0 Å². The van der Waals surface area contributed by atoms with Crippen molar-refractivity contribution in [3.05, 3.63) is 47.8 Å². The van der Waals surface area contributed by atoms with Gasteiger partial charge in [0, 0.05) is 19.0 Å². The number of hydrogen-bond acceptors (Lipinski definition) is 6. The van der Waals surface area contributed by atoms with Crippen molar-refractivity contribution in [3.8, 4) is 5.75 Å². The number of nitrogens with zero attached hydrogens (tertiary/aromatic N) is 5. The Bertz CT molecular complexity index is 921. The summed E-state index contributed by atoms with van der Waals surface area (Å²) >= 11 is 0. The lowest BCUT2D eigenvalue weighted by Crippen LogP contribution is -2.39. The Balaban J connectivity index is 1.44. The van der Waals surface area contributed by atoms with Gasteiger partial charge in [0.05, 0.1) is 6.61 Å². The zero-order chi connectivity index (χ0) is 16.8. The van der Waals surface area contributed by atoms with Gasteiger partial charge >= 0.3 is 0 Å². The lowest BCUT2D eigenvalue weighted by Gasteiger charge is -2.33. The standard InChI is InChI=1S/C18H19N5O2/c24-14-3-1-2-13(10-14)15-11-22(8-9-25-15)17-7-6-16-19-20-18(12-4-5-12)23(16)21-17/h1-3,6-7,10,12,15,24H,4-5,8-9,11H2. The van der Waals surface area contributed by atoms with E-state index in [4.69, 9.17) is 9.84 Å². The van der Waals surface area contributed by atoms with Crippen LogP contribution in [0.3, 0.4) is 0 Å². The molecule has 7 nitrogen and oxygen atoms in total. The molecule has 1 aliphatic heterocycles. The third kappa shape index (κ3) is 2.70. The van der Waals surface area contributed by atoms with Crippen LogP contribution in [-0.4, -0.2) is 44.6 Å². The number of hydrogen-bond donors (Lipinski definition) is 1. The van der Waals surface area contributed by atoms with Gasteiger partial charge < -0.3 is 14.7 Å². The Kier molecular flexibility index (Phi) is 3.34. The van der Waals surface area contributed by atoms with E-state index in [1.807, 2.05) is 28.8 Å². The fourth-order valence-corrected chi connectivity index (χ4v) is 3.34. The molecule has 1 atom stereocenters. The van der Waals surface area contributed by atoms with Gasteiger partial charge in [0.1, 0.15) is 17.7 Å². The van der Waals surface area contributed by atoms with Crippen LogP contribution in [0.25, 0.3) is 5.65 Å². The topological polar surface area (TPSA) is 75.8 Å². The fourth-order valence-electron chi connectivity index (χ4n) is 3.34. The van der Waals surface area contributed by atoms with E-state index in [0.717, 1.165) is 29.4 Å². The van der Waals surface area contributed by atoms with Crippen LogP contribution >= 0.6 is 0 Å². The summed E-state index contributed by atoms with van der Waals surface area (Å²) in [6.45, 7) is 2.11. The SMILES string of the molecule is Oc1cccc(C2CN(c3ccc4nnc(C5CC5)n4n3)CCO2)c1. The number of benzene rings is 1. The highest BCUT2D eigenvalue weighted by molar-refractivity contribution is 5.47. The van der Waals surface area contributed by atoms with Gasteiger partial charge in [0.15, 0.2) is 11.5 Å². The first-order valence-electron chi connectivity index (χ1n) is 8.66. The minimum absolute atomic E-state index is 0.0813. The molecule has 25 heavy (non-hydrogen) atoms. The van der Waals surface area contributed by atoms with Crippen LogP contribution in [0.1, 0.15) is 36.3 Å². The average Bonchev–Trinajstić information content (AvgIpc) is 3.40. The second-order valence-corrected chi connectivity index (χ2v) is 6.69. The molecule has 1 aliphatic carbocycles. The number of ether oxygens (including phenoxy) is 1. The van der Waals surface area contributed by atoms with Crippen molar-refractivity contribution >= 4 is 11.5 Å². The second kappa shape index (κ2) is 5.70. The highest BCUT2D eigenvalue weighted by Crippen LogP contribution is 2.38. The molecule has 1 saturated carbocycles. The summed E-state index contributed by atoms with van der Waals surface area (Å²) < 4.78 is 7.78. The largest absolute Gasteiger partial charge is 0.508 e. The summed E-state index contributed by atoms with van der Waals surface area (Å²) in [6.07, 6.45) is 2.26. The average molecular weight is 337 g/mol. The van der Waals surface area contributed by atoms with Gasteiger partial charge in [0.25, 0.3) is 0 Å². The third-order valence-corrected chi connectivity index (χ3v) is 4.85. The van der Waals surface area contributed by atoms with E-state index in [9.17, 15) is 5.11 Å². The Morgan fingerprint density at radius 1 is 1.12 bits per heavy atom. The maximum Gasteiger partial charge on any atom is 0.178 e. The van der Waals surface area contributed by atoms with Crippen LogP contribution in [0.5, 0.6) is 5.75 Å². The molecule has 3 heterocycles. The molecule has 0 radical (unpaired) electrons. The van der Waals surface area contributed by atoms with Gasteiger partial charge in [-0.05, 0) is 42.7 Å². The van der Waals surface area contributed by atoms with Crippen LogP contribution in [0.15, 0.2) is 36.4 Å². The summed E-state index contributed by atoms with van der Waals surface area (Å²) in [5, 5.41) is 23.0. The molecule has 0 amide bonds. The van der Waals surface area contributed by atoms with Gasteiger partial charge in [-0.3, -0.25) is 0 Å². The van der Waals surface area contributed by atoms with E-state index in [0.29, 0.717) is 19.1 Å². The quantitative estimate of drug-likeness (QED) is 0.790. The molecule has 0 bridgehead atoms. The number of anilines is 1. The maximum atomic E-state index is 9.71. The van der Waals surface area contributed by atoms with Gasteiger partial charge in [0.2, 0.25) is 0 Å². The van der Waals surface area contributed by atoms with Crippen LogP contribution < -0.4 is 4.90 Å². The summed E-state index contributed by atoms with van der Waals surface area (Å²) in [7, 11) is 0. The van der Waals surface area contributed by atoms with E-state index < -0.39 is 0 Å². The lowest BCUT2D eigenvalue weighted by atomic mass is 10.1. The van der Waals surface area contributed by atoms with Crippen molar-refractivity contribution in [2.75, 3.05) is 24.6 Å². The van der Waals surface area contributed by atoms with E-state index in [-0.39, 0.29) is 11.9 Å². The van der Waals surface area contributed by atoms with Crippen LogP contribution in [0.4, 0.5) is 5.82 Å². The summed E-state index contributed by atoms with van der Waals surface area (Å²) in [5.74, 6) is 2.64. The normalized spacial score (nSPS) is 21.0. The van der Waals surface area contributed by atoms with Crippen molar-refractivity contribution in [2.24, 2.45) is 0 Å². The zero-order valence-electron chi connectivity index (χ0n) is 13.7. The van der Waals surface area contributed by atoms with E-state index in [1.54, 1.807) is 12.1 Å². The predicted molar refractivity (Wildman–Crippen MR) is 91.8 cm³/mol. The first-order chi connectivity index (χ1) is 12.3. The summed E-state index contributed by atoms with van der Waals surface area (Å²) in [6, 6.07) is 11.2. The molecular formula is C18H19N5O2. The lowest BCUT2D eigenvalue weighted by molar-refractivity contribution is 0.0393. The van der Waals surface area contributed by atoms with Gasteiger partial charge in [-0.25, -0.2) is 0 Å². The van der Waals surface area contributed by atoms with E-state index in [2.05, 4.69) is 15.1 Å². The predicted octanol–water partition coefficient (Wildman–Crippen LogP) is 2.29.